The van der Waals surface area contributed by atoms with Gasteiger partial charge in [-0.05, 0) is 24.6 Å². The number of halogens is 2. The largest absolute Gasteiger partial charge is 0.383 e. The van der Waals surface area contributed by atoms with Crippen molar-refractivity contribution in [2.75, 3.05) is 6.54 Å². The molecule has 1 aromatic carbocycles. The van der Waals surface area contributed by atoms with Crippen LogP contribution in [0.3, 0.4) is 0 Å². The van der Waals surface area contributed by atoms with Crippen molar-refractivity contribution in [1.29, 1.82) is 0 Å². The summed E-state index contributed by atoms with van der Waals surface area (Å²) in [6.07, 6.45) is -0.422. The van der Waals surface area contributed by atoms with Crippen LogP contribution in [0, 0.1) is 5.82 Å². The standard InChI is InChI=1S/C12H13ClFN3O2/c13-8-3-1-2-7(11(8)14)6-10-16-12(19-17-10)9(18)4-5-15/h1-3,9,18H,4-6,15H2. The molecule has 2 rings (SSSR count). The number of aromatic nitrogens is 2. The molecular formula is C12H13ClFN3O2. The molecule has 19 heavy (non-hydrogen) atoms. The highest BCUT2D eigenvalue weighted by molar-refractivity contribution is 6.30. The third kappa shape index (κ3) is 3.28. The molecule has 5 nitrogen and oxygen atoms in total. The van der Waals surface area contributed by atoms with Gasteiger partial charge in [0.05, 0.1) is 5.02 Å². The summed E-state index contributed by atoms with van der Waals surface area (Å²) in [5.74, 6) is -0.131. The van der Waals surface area contributed by atoms with Gasteiger partial charge in [-0.1, -0.05) is 28.9 Å². The fourth-order valence-electron chi connectivity index (χ4n) is 1.61. The molecule has 7 heteroatoms. The zero-order chi connectivity index (χ0) is 13.8. The Hall–Kier alpha value is -1.50. The van der Waals surface area contributed by atoms with Gasteiger partial charge in [0.1, 0.15) is 11.9 Å². The third-order valence-corrected chi connectivity index (χ3v) is 2.88. The van der Waals surface area contributed by atoms with Crippen LogP contribution in [-0.2, 0) is 6.42 Å². The van der Waals surface area contributed by atoms with Gasteiger partial charge in [0.2, 0.25) is 0 Å². The number of hydrogen-bond acceptors (Lipinski definition) is 5. The molecule has 0 bridgehead atoms. The smallest absolute Gasteiger partial charge is 0.255 e. The monoisotopic (exact) mass is 285 g/mol. The van der Waals surface area contributed by atoms with Gasteiger partial charge in [-0.25, -0.2) is 4.39 Å². The Kier molecular flexibility index (Phi) is 4.47. The Morgan fingerprint density at radius 2 is 2.26 bits per heavy atom. The molecule has 2 aromatic rings. The Bertz CT molecular complexity index is 562. The molecule has 1 atom stereocenters. The summed E-state index contributed by atoms with van der Waals surface area (Å²) in [4.78, 5) is 4.00. The van der Waals surface area contributed by atoms with Gasteiger partial charge in [0, 0.05) is 6.42 Å². The molecule has 0 fully saturated rings. The van der Waals surface area contributed by atoms with Crippen LogP contribution in [0.5, 0.6) is 0 Å². The highest BCUT2D eigenvalue weighted by atomic mass is 35.5. The predicted molar refractivity (Wildman–Crippen MR) is 67.1 cm³/mol. The van der Waals surface area contributed by atoms with Gasteiger partial charge in [-0.2, -0.15) is 4.98 Å². The van der Waals surface area contributed by atoms with Gasteiger partial charge in [-0.3, -0.25) is 0 Å². The zero-order valence-corrected chi connectivity index (χ0v) is 10.8. The summed E-state index contributed by atoms with van der Waals surface area (Å²) in [5, 5.41) is 13.4. The second-order valence-corrected chi connectivity index (χ2v) is 4.44. The number of nitrogens with zero attached hydrogens (tertiary/aromatic N) is 2. The molecule has 0 aliphatic rings. The number of aliphatic hydroxyl groups is 1. The van der Waals surface area contributed by atoms with E-state index in [1.807, 2.05) is 0 Å². The Labute approximate surface area is 114 Å². The summed E-state index contributed by atoms with van der Waals surface area (Å²) in [5.41, 5.74) is 5.69. The number of aliphatic hydroxyl groups excluding tert-OH is 1. The first-order chi connectivity index (χ1) is 9.11. The maximum atomic E-state index is 13.7. The van der Waals surface area contributed by atoms with Crippen LogP contribution in [0.25, 0.3) is 0 Å². The van der Waals surface area contributed by atoms with E-state index >= 15 is 0 Å². The molecule has 1 aromatic heterocycles. The summed E-state index contributed by atoms with van der Waals surface area (Å²) < 4.78 is 18.6. The van der Waals surface area contributed by atoms with Crippen molar-refractivity contribution in [1.82, 2.24) is 10.1 Å². The van der Waals surface area contributed by atoms with Crippen LogP contribution in [0.2, 0.25) is 5.02 Å². The lowest BCUT2D eigenvalue weighted by Gasteiger charge is -2.02. The highest BCUT2D eigenvalue weighted by Gasteiger charge is 2.16. The van der Waals surface area contributed by atoms with Crippen molar-refractivity contribution in [3.63, 3.8) is 0 Å². The van der Waals surface area contributed by atoms with Crippen molar-refractivity contribution in [3.8, 4) is 0 Å². The maximum Gasteiger partial charge on any atom is 0.255 e. The minimum Gasteiger partial charge on any atom is -0.383 e. The average molecular weight is 286 g/mol. The zero-order valence-electron chi connectivity index (χ0n) is 10.0. The fraction of sp³-hybridized carbons (Fsp3) is 0.333. The van der Waals surface area contributed by atoms with Gasteiger partial charge in [-0.15, -0.1) is 0 Å². The summed E-state index contributed by atoms with van der Waals surface area (Å²) in [7, 11) is 0. The van der Waals surface area contributed by atoms with Crippen molar-refractivity contribution in [2.45, 2.75) is 18.9 Å². The number of hydrogen-bond donors (Lipinski definition) is 2. The lowest BCUT2D eigenvalue weighted by atomic mass is 10.1. The van der Waals surface area contributed by atoms with E-state index in [4.69, 9.17) is 21.9 Å². The van der Waals surface area contributed by atoms with Crippen LogP contribution >= 0.6 is 11.6 Å². The van der Waals surface area contributed by atoms with E-state index in [-0.39, 0.29) is 23.2 Å². The molecule has 0 spiro atoms. The first-order valence-corrected chi connectivity index (χ1v) is 6.13. The van der Waals surface area contributed by atoms with Crippen molar-refractivity contribution in [2.24, 2.45) is 5.73 Å². The summed E-state index contributed by atoms with van der Waals surface area (Å²) in [6.45, 7) is 0.307. The van der Waals surface area contributed by atoms with E-state index in [0.29, 0.717) is 18.5 Å². The normalized spacial score (nSPS) is 12.6. The highest BCUT2D eigenvalue weighted by Crippen LogP contribution is 2.20. The third-order valence-electron chi connectivity index (χ3n) is 2.59. The van der Waals surface area contributed by atoms with Crippen LogP contribution in [-0.4, -0.2) is 21.8 Å². The molecule has 0 aliphatic heterocycles. The van der Waals surface area contributed by atoms with Crippen LogP contribution in [0.15, 0.2) is 22.7 Å². The predicted octanol–water partition coefficient (Wildman–Crippen LogP) is 1.84. The fourth-order valence-corrected chi connectivity index (χ4v) is 1.81. The lowest BCUT2D eigenvalue weighted by Crippen LogP contribution is -2.07. The first kappa shape index (κ1) is 13.9. The quantitative estimate of drug-likeness (QED) is 0.875. The number of rotatable bonds is 5. The minimum atomic E-state index is -0.893. The molecule has 0 radical (unpaired) electrons. The Morgan fingerprint density at radius 1 is 1.47 bits per heavy atom. The second kappa shape index (κ2) is 6.10. The van der Waals surface area contributed by atoms with E-state index in [1.54, 1.807) is 12.1 Å². The second-order valence-electron chi connectivity index (χ2n) is 4.03. The molecule has 1 heterocycles. The first-order valence-electron chi connectivity index (χ1n) is 5.75. The molecular weight excluding hydrogens is 273 g/mol. The van der Waals surface area contributed by atoms with E-state index in [9.17, 15) is 9.50 Å². The SMILES string of the molecule is NCCC(O)c1nc(Cc2cccc(Cl)c2F)no1. The lowest BCUT2D eigenvalue weighted by molar-refractivity contribution is 0.127. The maximum absolute atomic E-state index is 13.7. The molecule has 0 aliphatic carbocycles. The number of nitrogens with two attached hydrogens (primary N) is 1. The molecule has 0 amide bonds. The van der Waals surface area contributed by atoms with Crippen LogP contribution < -0.4 is 5.73 Å². The topological polar surface area (TPSA) is 85.2 Å². The van der Waals surface area contributed by atoms with E-state index in [2.05, 4.69) is 10.1 Å². The van der Waals surface area contributed by atoms with Gasteiger partial charge < -0.3 is 15.4 Å². The van der Waals surface area contributed by atoms with Gasteiger partial charge in [0.15, 0.2) is 5.82 Å². The molecule has 3 N–H and O–H groups in total. The molecule has 102 valence electrons. The van der Waals surface area contributed by atoms with Crippen molar-refractivity contribution >= 4 is 11.6 Å². The minimum absolute atomic E-state index is 0.0457. The van der Waals surface area contributed by atoms with Crippen molar-refractivity contribution < 1.29 is 14.0 Å². The van der Waals surface area contributed by atoms with Crippen LogP contribution in [0.1, 0.15) is 29.8 Å². The average Bonchev–Trinajstić information content (AvgIpc) is 2.84. The van der Waals surface area contributed by atoms with Gasteiger partial charge >= 0.3 is 0 Å². The van der Waals surface area contributed by atoms with E-state index in [1.165, 1.54) is 6.07 Å². The van der Waals surface area contributed by atoms with E-state index in [0.717, 1.165) is 0 Å². The van der Waals surface area contributed by atoms with Crippen LogP contribution in [0.4, 0.5) is 4.39 Å². The summed E-state index contributed by atoms with van der Waals surface area (Å²) >= 11 is 5.68. The number of benzene rings is 1. The summed E-state index contributed by atoms with van der Waals surface area (Å²) in [6, 6.07) is 4.70. The Balaban J connectivity index is 2.14. The molecule has 0 saturated carbocycles. The molecule has 0 saturated heterocycles. The van der Waals surface area contributed by atoms with Gasteiger partial charge in [0.25, 0.3) is 5.89 Å². The van der Waals surface area contributed by atoms with E-state index < -0.39 is 11.9 Å². The van der Waals surface area contributed by atoms with Crippen molar-refractivity contribution in [3.05, 3.63) is 46.3 Å². The molecule has 1 unspecified atom stereocenters. The Morgan fingerprint density at radius 3 is 3.00 bits per heavy atom.